The van der Waals surface area contributed by atoms with Crippen LogP contribution in [0.1, 0.15) is 37.8 Å². The molecule has 0 saturated heterocycles. The van der Waals surface area contributed by atoms with E-state index in [2.05, 4.69) is 17.6 Å². The fourth-order valence-corrected chi connectivity index (χ4v) is 2.61. The topological polar surface area (TPSA) is 58.2 Å². The predicted molar refractivity (Wildman–Crippen MR) is 101 cm³/mol. The van der Waals surface area contributed by atoms with Crippen molar-refractivity contribution in [1.82, 2.24) is 5.32 Å². The molecule has 0 bridgehead atoms. The predicted octanol–water partition coefficient (Wildman–Crippen LogP) is 3.72. The van der Waals surface area contributed by atoms with Crippen molar-refractivity contribution in [2.45, 2.75) is 45.6 Å². The molecule has 2 amide bonds. The Morgan fingerprint density at radius 1 is 0.920 bits per heavy atom. The molecular formula is C21H26N2O2. The third-order valence-corrected chi connectivity index (χ3v) is 4.04. The van der Waals surface area contributed by atoms with Crippen LogP contribution >= 0.6 is 0 Å². The molecule has 0 radical (unpaired) electrons. The van der Waals surface area contributed by atoms with Gasteiger partial charge in [0.1, 0.15) is 6.04 Å². The molecule has 0 aliphatic heterocycles. The van der Waals surface area contributed by atoms with E-state index >= 15 is 0 Å². The highest BCUT2D eigenvalue weighted by Gasteiger charge is 2.21. The van der Waals surface area contributed by atoms with Gasteiger partial charge in [0.05, 0.1) is 0 Å². The summed E-state index contributed by atoms with van der Waals surface area (Å²) < 4.78 is 0. The number of rotatable bonds is 8. The normalized spacial score (nSPS) is 11.6. The molecule has 2 aromatic carbocycles. The summed E-state index contributed by atoms with van der Waals surface area (Å²) in [5.41, 5.74) is 2.97. The minimum Gasteiger partial charge on any atom is -0.344 e. The standard InChI is InChI=1S/C21H26N2O2/c1-3-8-20(24)23-19(15-17-9-6-5-7-10-17)21(25)22-18-13-11-16(4-2)12-14-18/h5-7,9-14,19H,3-4,8,15H2,1-2H3,(H,22,25)(H,23,24)/t19-/m1/s1. The second kappa shape index (κ2) is 9.62. The molecule has 0 aliphatic carbocycles. The smallest absolute Gasteiger partial charge is 0.247 e. The van der Waals surface area contributed by atoms with Crippen molar-refractivity contribution in [3.05, 3.63) is 65.7 Å². The molecule has 0 saturated carbocycles. The third-order valence-electron chi connectivity index (χ3n) is 4.04. The Kier molecular flexibility index (Phi) is 7.20. The number of carbonyl (C=O) groups excluding carboxylic acids is 2. The number of nitrogens with one attached hydrogen (secondary N) is 2. The zero-order valence-corrected chi connectivity index (χ0v) is 14.9. The molecule has 25 heavy (non-hydrogen) atoms. The van der Waals surface area contributed by atoms with E-state index in [1.165, 1.54) is 5.56 Å². The van der Waals surface area contributed by atoms with Gasteiger partial charge in [-0.05, 0) is 36.1 Å². The summed E-state index contributed by atoms with van der Waals surface area (Å²) in [5, 5.41) is 5.77. The fourth-order valence-electron chi connectivity index (χ4n) is 2.61. The summed E-state index contributed by atoms with van der Waals surface area (Å²) in [4.78, 5) is 24.7. The summed E-state index contributed by atoms with van der Waals surface area (Å²) in [6.07, 6.45) is 2.60. The Morgan fingerprint density at radius 2 is 1.60 bits per heavy atom. The first-order valence-corrected chi connectivity index (χ1v) is 8.85. The van der Waals surface area contributed by atoms with Crippen molar-refractivity contribution in [3.63, 3.8) is 0 Å². The molecule has 2 rings (SSSR count). The van der Waals surface area contributed by atoms with Crippen molar-refractivity contribution in [1.29, 1.82) is 0 Å². The first-order valence-electron chi connectivity index (χ1n) is 8.85. The number of carbonyl (C=O) groups is 2. The summed E-state index contributed by atoms with van der Waals surface area (Å²) in [6.45, 7) is 4.04. The zero-order chi connectivity index (χ0) is 18.1. The number of aryl methyl sites for hydroxylation is 1. The molecule has 0 aromatic heterocycles. The van der Waals surface area contributed by atoms with Crippen LogP contribution in [0.15, 0.2) is 54.6 Å². The van der Waals surface area contributed by atoms with Crippen LogP contribution in [0.2, 0.25) is 0 Å². The van der Waals surface area contributed by atoms with E-state index in [9.17, 15) is 9.59 Å². The molecule has 0 fully saturated rings. The molecule has 0 aliphatic rings. The van der Waals surface area contributed by atoms with Crippen LogP contribution in [-0.4, -0.2) is 17.9 Å². The molecule has 0 heterocycles. The van der Waals surface area contributed by atoms with E-state index in [4.69, 9.17) is 0 Å². The molecule has 0 spiro atoms. The minimum absolute atomic E-state index is 0.0973. The van der Waals surface area contributed by atoms with Crippen LogP contribution in [0.4, 0.5) is 5.69 Å². The highest BCUT2D eigenvalue weighted by atomic mass is 16.2. The summed E-state index contributed by atoms with van der Waals surface area (Å²) in [5.74, 6) is -0.294. The van der Waals surface area contributed by atoms with E-state index in [0.29, 0.717) is 12.8 Å². The Labute approximate surface area is 149 Å². The first-order chi connectivity index (χ1) is 12.1. The second-order valence-corrected chi connectivity index (χ2v) is 6.10. The molecule has 132 valence electrons. The maximum Gasteiger partial charge on any atom is 0.247 e. The molecule has 4 heteroatoms. The van der Waals surface area contributed by atoms with Gasteiger partial charge in [-0.25, -0.2) is 0 Å². The van der Waals surface area contributed by atoms with Crippen molar-refractivity contribution < 1.29 is 9.59 Å². The number of anilines is 1. The molecule has 0 unspecified atom stereocenters. The van der Waals surface area contributed by atoms with Gasteiger partial charge in [-0.1, -0.05) is 56.3 Å². The number of benzene rings is 2. The Morgan fingerprint density at radius 3 is 2.20 bits per heavy atom. The summed E-state index contributed by atoms with van der Waals surface area (Å²) in [7, 11) is 0. The van der Waals surface area contributed by atoms with Gasteiger partial charge in [0.2, 0.25) is 11.8 Å². The highest BCUT2D eigenvalue weighted by molar-refractivity contribution is 5.97. The van der Waals surface area contributed by atoms with Crippen LogP contribution < -0.4 is 10.6 Å². The van der Waals surface area contributed by atoms with E-state index in [-0.39, 0.29) is 11.8 Å². The van der Waals surface area contributed by atoms with Crippen molar-refractivity contribution in [3.8, 4) is 0 Å². The third kappa shape index (κ3) is 6.07. The van der Waals surface area contributed by atoms with Crippen LogP contribution in [0, 0.1) is 0 Å². The zero-order valence-electron chi connectivity index (χ0n) is 14.9. The second-order valence-electron chi connectivity index (χ2n) is 6.10. The van der Waals surface area contributed by atoms with Gasteiger partial charge in [0.15, 0.2) is 0 Å². The summed E-state index contributed by atoms with van der Waals surface area (Å²) in [6, 6.07) is 16.9. The van der Waals surface area contributed by atoms with Crippen molar-refractivity contribution in [2.75, 3.05) is 5.32 Å². The SMILES string of the molecule is CCCC(=O)N[C@H](Cc1ccccc1)C(=O)Nc1ccc(CC)cc1. The molecule has 4 nitrogen and oxygen atoms in total. The lowest BCUT2D eigenvalue weighted by atomic mass is 10.0. The minimum atomic E-state index is -0.590. The van der Waals surface area contributed by atoms with Crippen LogP contribution in [-0.2, 0) is 22.4 Å². The monoisotopic (exact) mass is 338 g/mol. The lowest BCUT2D eigenvalue weighted by molar-refractivity contribution is -0.126. The van der Waals surface area contributed by atoms with Crippen LogP contribution in [0.25, 0.3) is 0 Å². The van der Waals surface area contributed by atoms with Crippen molar-refractivity contribution in [2.24, 2.45) is 0 Å². The van der Waals surface area contributed by atoms with E-state index in [1.54, 1.807) is 0 Å². The lowest BCUT2D eigenvalue weighted by Crippen LogP contribution is -2.45. The van der Waals surface area contributed by atoms with E-state index < -0.39 is 6.04 Å². The Bertz CT molecular complexity index is 681. The Hall–Kier alpha value is -2.62. The number of amides is 2. The quantitative estimate of drug-likeness (QED) is 0.771. The average Bonchev–Trinajstić information content (AvgIpc) is 2.63. The number of hydrogen-bond acceptors (Lipinski definition) is 2. The molecule has 1 atom stereocenters. The van der Waals surface area contributed by atoms with Crippen LogP contribution in [0.3, 0.4) is 0 Å². The van der Waals surface area contributed by atoms with Crippen molar-refractivity contribution >= 4 is 17.5 Å². The fraction of sp³-hybridized carbons (Fsp3) is 0.333. The largest absolute Gasteiger partial charge is 0.344 e. The van der Waals surface area contributed by atoms with Gasteiger partial charge in [0, 0.05) is 18.5 Å². The molecule has 2 aromatic rings. The van der Waals surface area contributed by atoms with Gasteiger partial charge in [0.25, 0.3) is 0 Å². The van der Waals surface area contributed by atoms with E-state index in [0.717, 1.165) is 24.1 Å². The van der Waals surface area contributed by atoms with Gasteiger partial charge < -0.3 is 10.6 Å². The van der Waals surface area contributed by atoms with Gasteiger partial charge in [-0.3, -0.25) is 9.59 Å². The maximum atomic E-state index is 12.7. The molecule has 2 N–H and O–H groups in total. The molecular weight excluding hydrogens is 312 g/mol. The van der Waals surface area contributed by atoms with E-state index in [1.807, 2.05) is 61.5 Å². The van der Waals surface area contributed by atoms with Crippen LogP contribution in [0.5, 0.6) is 0 Å². The first kappa shape index (κ1) is 18.7. The lowest BCUT2D eigenvalue weighted by Gasteiger charge is -2.19. The summed E-state index contributed by atoms with van der Waals surface area (Å²) >= 11 is 0. The van der Waals surface area contributed by atoms with Gasteiger partial charge in [-0.2, -0.15) is 0 Å². The maximum absolute atomic E-state index is 12.7. The Balaban J connectivity index is 2.08. The van der Waals surface area contributed by atoms with Gasteiger partial charge in [-0.15, -0.1) is 0 Å². The highest BCUT2D eigenvalue weighted by Crippen LogP contribution is 2.12. The average molecular weight is 338 g/mol. The number of hydrogen-bond donors (Lipinski definition) is 2. The van der Waals surface area contributed by atoms with Gasteiger partial charge >= 0.3 is 0 Å².